The molecule has 2 nitrogen and oxygen atoms in total. The second kappa shape index (κ2) is 5.64. The average Bonchev–Trinajstić information content (AvgIpc) is 2.38. The summed E-state index contributed by atoms with van der Waals surface area (Å²) in [6.45, 7) is 0. The first-order valence-electron chi connectivity index (χ1n) is 5.33. The van der Waals surface area contributed by atoms with Crippen LogP contribution in [0.5, 0.6) is 11.5 Å². The van der Waals surface area contributed by atoms with Gasteiger partial charge in [-0.15, -0.1) is 11.8 Å². The third kappa shape index (κ3) is 3.17. The number of phenolic OH excluding ortho intramolecular Hbond substituents is 1. The third-order valence-electron chi connectivity index (χ3n) is 2.42. The first kappa shape index (κ1) is 11.9. The lowest BCUT2D eigenvalue weighted by Gasteiger charge is -2.05. The number of aromatic hydroxyl groups is 1. The summed E-state index contributed by atoms with van der Waals surface area (Å²) in [6, 6.07) is 15.3. The van der Waals surface area contributed by atoms with Crippen LogP contribution in [0, 0.1) is 0 Å². The van der Waals surface area contributed by atoms with Gasteiger partial charge in [0.25, 0.3) is 0 Å². The topological polar surface area (TPSA) is 29.5 Å². The van der Waals surface area contributed by atoms with E-state index in [2.05, 4.69) is 0 Å². The normalized spacial score (nSPS) is 10.2. The maximum Gasteiger partial charge on any atom is 0.129 e. The number of ether oxygens (including phenoxy) is 1. The van der Waals surface area contributed by atoms with Crippen molar-refractivity contribution in [3.05, 3.63) is 54.1 Å². The molecule has 0 aromatic heterocycles. The Balaban J connectivity index is 2.00. The average molecular weight is 246 g/mol. The highest BCUT2D eigenvalue weighted by Crippen LogP contribution is 2.30. The second-order valence-electron chi connectivity index (χ2n) is 3.60. The Labute approximate surface area is 105 Å². The fourth-order valence-corrected chi connectivity index (χ4v) is 2.37. The number of methoxy groups -OCH3 is 1. The highest BCUT2D eigenvalue weighted by molar-refractivity contribution is 7.98. The largest absolute Gasteiger partial charge is 0.507 e. The zero-order chi connectivity index (χ0) is 12.1. The van der Waals surface area contributed by atoms with E-state index < -0.39 is 0 Å². The molecule has 0 amide bonds. The quantitative estimate of drug-likeness (QED) is 0.834. The SMILES string of the molecule is COc1ccc(CSc2ccccc2O)cc1. The molecule has 0 unspecified atom stereocenters. The van der Waals surface area contributed by atoms with Crippen molar-refractivity contribution in [1.29, 1.82) is 0 Å². The van der Waals surface area contributed by atoms with Crippen molar-refractivity contribution in [2.75, 3.05) is 7.11 Å². The van der Waals surface area contributed by atoms with E-state index >= 15 is 0 Å². The third-order valence-corrected chi connectivity index (χ3v) is 3.55. The minimum atomic E-state index is 0.339. The van der Waals surface area contributed by atoms with Crippen LogP contribution in [0.4, 0.5) is 0 Å². The van der Waals surface area contributed by atoms with Gasteiger partial charge >= 0.3 is 0 Å². The highest BCUT2D eigenvalue weighted by Gasteiger charge is 2.01. The Morgan fingerprint density at radius 1 is 1.06 bits per heavy atom. The summed E-state index contributed by atoms with van der Waals surface area (Å²) in [6.07, 6.45) is 0. The van der Waals surface area contributed by atoms with Crippen molar-refractivity contribution in [3.8, 4) is 11.5 Å². The Hall–Kier alpha value is -1.61. The van der Waals surface area contributed by atoms with E-state index in [1.165, 1.54) is 5.56 Å². The molecule has 0 heterocycles. The van der Waals surface area contributed by atoms with Crippen LogP contribution in [0.3, 0.4) is 0 Å². The molecule has 0 aliphatic carbocycles. The van der Waals surface area contributed by atoms with Crippen LogP contribution in [0.2, 0.25) is 0 Å². The van der Waals surface area contributed by atoms with E-state index in [0.717, 1.165) is 16.4 Å². The van der Waals surface area contributed by atoms with Crippen LogP contribution in [-0.2, 0) is 5.75 Å². The smallest absolute Gasteiger partial charge is 0.129 e. The minimum Gasteiger partial charge on any atom is -0.507 e. The van der Waals surface area contributed by atoms with E-state index in [4.69, 9.17) is 4.74 Å². The number of hydrogen-bond donors (Lipinski definition) is 1. The van der Waals surface area contributed by atoms with E-state index in [0.29, 0.717) is 5.75 Å². The number of thioether (sulfide) groups is 1. The number of benzene rings is 2. The minimum absolute atomic E-state index is 0.339. The standard InChI is InChI=1S/C14H14O2S/c1-16-12-8-6-11(7-9-12)10-17-14-5-3-2-4-13(14)15/h2-9,15H,10H2,1H3. The summed E-state index contributed by atoms with van der Waals surface area (Å²) in [5.74, 6) is 2.04. The van der Waals surface area contributed by atoms with Crippen molar-refractivity contribution in [1.82, 2.24) is 0 Å². The van der Waals surface area contributed by atoms with Gasteiger partial charge in [0.2, 0.25) is 0 Å². The van der Waals surface area contributed by atoms with Gasteiger partial charge in [0, 0.05) is 10.6 Å². The fraction of sp³-hybridized carbons (Fsp3) is 0.143. The molecule has 0 saturated carbocycles. The van der Waals surface area contributed by atoms with Gasteiger partial charge in [-0.2, -0.15) is 0 Å². The zero-order valence-electron chi connectivity index (χ0n) is 9.59. The molecule has 17 heavy (non-hydrogen) atoms. The van der Waals surface area contributed by atoms with Crippen molar-refractivity contribution in [3.63, 3.8) is 0 Å². The summed E-state index contributed by atoms with van der Waals surface area (Å²) in [5, 5.41) is 9.63. The van der Waals surface area contributed by atoms with Crippen LogP contribution in [0.1, 0.15) is 5.56 Å². The van der Waals surface area contributed by atoms with Gasteiger partial charge in [-0.1, -0.05) is 24.3 Å². The van der Waals surface area contributed by atoms with Crippen LogP contribution >= 0.6 is 11.8 Å². The van der Waals surface area contributed by atoms with Crippen molar-refractivity contribution < 1.29 is 9.84 Å². The molecule has 0 fully saturated rings. The van der Waals surface area contributed by atoms with E-state index in [9.17, 15) is 5.11 Å². The van der Waals surface area contributed by atoms with Gasteiger partial charge in [0.1, 0.15) is 11.5 Å². The number of para-hydroxylation sites is 1. The Bertz CT molecular complexity index is 480. The molecule has 3 heteroatoms. The number of hydrogen-bond acceptors (Lipinski definition) is 3. The van der Waals surface area contributed by atoms with Crippen molar-refractivity contribution >= 4 is 11.8 Å². The maximum absolute atomic E-state index is 9.63. The van der Waals surface area contributed by atoms with Crippen LogP contribution in [0.15, 0.2) is 53.4 Å². The van der Waals surface area contributed by atoms with Crippen LogP contribution in [-0.4, -0.2) is 12.2 Å². The van der Waals surface area contributed by atoms with Gasteiger partial charge in [-0.05, 0) is 29.8 Å². The Morgan fingerprint density at radius 3 is 2.41 bits per heavy atom. The van der Waals surface area contributed by atoms with Gasteiger partial charge in [-0.3, -0.25) is 0 Å². The Morgan fingerprint density at radius 2 is 1.76 bits per heavy atom. The second-order valence-corrected chi connectivity index (χ2v) is 4.62. The molecule has 0 atom stereocenters. The molecule has 1 N–H and O–H groups in total. The van der Waals surface area contributed by atoms with Gasteiger partial charge in [-0.25, -0.2) is 0 Å². The molecule has 2 rings (SSSR count). The first-order chi connectivity index (χ1) is 8.29. The first-order valence-corrected chi connectivity index (χ1v) is 6.32. The predicted octanol–water partition coefficient (Wildman–Crippen LogP) is 3.69. The van der Waals surface area contributed by atoms with E-state index in [1.807, 2.05) is 42.5 Å². The lowest BCUT2D eigenvalue weighted by atomic mass is 10.2. The lowest BCUT2D eigenvalue weighted by molar-refractivity contribution is 0.414. The summed E-state index contributed by atoms with van der Waals surface area (Å²) in [4.78, 5) is 0.906. The molecule has 0 aliphatic heterocycles. The summed E-state index contributed by atoms with van der Waals surface area (Å²) in [7, 11) is 1.66. The molecule has 2 aromatic rings. The van der Waals surface area contributed by atoms with Crippen LogP contribution in [0.25, 0.3) is 0 Å². The molecule has 2 aromatic carbocycles. The number of phenols is 1. The predicted molar refractivity (Wildman–Crippen MR) is 70.7 cm³/mol. The Kier molecular flexibility index (Phi) is 3.94. The molecule has 0 bridgehead atoms. The lowest BCUT2D eigenvalue weighted by Crippen LogP contribution is -1.84. The van der Waals surface area contributed by atoms with Gasteiger partial charge in [0.05, 0.1) is 7.11 Å². The fourth-order valence-electron chi connectivity index (χ4n) is 1.46. The molecule has 0 aliphatic rings. The van der Waals surface area contributed by atoms with Crippen molar-refractivity contribution in [2.45, 2.75) is 10.6 Å². The zero-order valence-corrected chi connectivity index (χ0v) is 10.4. The molecule has 0 spiro atoms. The number of rotatable bonds is 4. The van der Waals surface area contributed by atoms with Gasteiger partial charge < -0.3 is 9.84 Å². The summed E-state index contributed by atoms with van der Waals surface area (Å²) < 4.78 is 5.10. The molecule has 0 radical (unpaired) electrons. The summed E-state index contributed by atoms with van der Waals surface area (Å²) in [5.41, 5.74) is 1.21. The van der Waals surface area contributed by atoms with Gasteiger partial charge in [0.15, 0.2) is 0 Å². The highest BCUT2D eigenvalue weighted by atomic mass is 32.2. The molecule has 88 valence electrons. The molecular weight excluding hydrogens is 232 g/mol. The van der Waals surface area contributed by atoms with E-state index in [-0.39, 0.29) is 0 Å². The molecular formula is C14H14O2S. The summed E-state index contributed by atoms with van der Waals surface area (Å²) >= 11 is 1.62. The molecule has 0 saturated heterocycles. The monoisotopic (exact) mass is 246 g/mol. The van der Waals surface area contributed by atoms with Crippen LogP contribution < -0.4 is 4.74 Å². The van der Waals surface area contributed by atoms with Crippen molar-refractivity contribution in [2.24, 2.45) is 0 Å². The van der Waals surface area contributed by atoms with E-state index in [1.54, 1.807) is 24.9 Å². The maximum atomic E-state index is 9.63.